The molecule has 0 saturated carbocycles. The summed E-state index contributed by atoms with van der Waals surface area (Å²) in [4.78, 5) is 10.5. The first-order valence-corrected chi connectivity index (χ1v) is 4.87. The molecule has 1 aliphatic heterocycles. The molecular formula is C5H9NO6S. The van der Waals surface area contributed by atoms with Crippen LogP contribution in [0.25, 0.3) is 0 Å². The number of aliphatic hydroxyl groups is 1. The molecule has 2 atom stereocenters. The van der Waals surface area contributed by atoms with Gasteiger partial charge in [0.1, 0.15) is 6.04 Å². The number of hydrogen-bond donors (Lipinski definition) is 3. The zero-order valence-electron chi connectivity index (χ0n) is 6.49. The Morgan fingerprint density at radius 3 is 2.31 bits per heavy atom. The molecule has 0 bridgehead atoms. The van der Waals surface area contributed by atoms with Crippen molar-refractivity contribution >= 4 is 16.3 Å². The van der Waals surface area contributed by atoms with E-state index >= 15 is 0 Å². The second-order valence-electron chi connectivity index (χ2n) is 2.79. The van der Waals surface area contributed by atoms with Crippen LogP contribution >= 0.6 is 0 Å². The van der Waals surface area contributed by atoms with Gasteiger partial charge in [-0.3, -0.25) is 9.35 Å². The lowest BCUT2D eigenvalue weighted by atomic mass is 10.2. The molecule has 1 fully saturated rings. The molecule has 8 heteroatoms. The van der Waals surface area contributed by atoms with Gasteiger partial charge < -0.3 is 10.2 Å². The molecule has 0 aromatic carbocycles. The third-order valence-corrected chi connectivity index (χ3v) is 2.81. The second kappa shape index (κ2) is 3.22. The number of aliphatic hydroxyl groups excluding tert-OH is 1. The number of nitrogens with zero attached hydrogens (tertiary/aromatic N) is 1. The van der Waals surface area contributed by atoms with Gasteiger partial charge in [-0.2, -0.15) is 12.7 Å². The van der Waals surface area contributed by atoms with Gasteiger partial charge in [-0.25, -0.2) is 0 Å². The van der Waals surface area contributed by atoms with Gasteiger partial charge in [0.05, 0.1) is 6.10 Å². The average molecular weight is 211 g/mol. The fourth-order valence-corrected chi connectivity index (χ4v) is 2.12. The van der Waals surface area contributed by atoms with E-state index in [1.165, 1.54) is 0 Å². The number of carbonyl (C=O) groups is 1. The number of β-amino-alcohol motifs (C(OH)–C–C–N with tert-alkyl or cyclic N) is 1. The van der Waals surface area contributed by atoms with Crippen LogP contribution in [-0.2, 0) is 15.1 Å². The summed E-state index contributed by atoms with van der Waals surface area (Å²) in [5, 5.41) is 17.5. The highest BCUT2D eigenvalue weighted by Gasteiger charge is 2.42. The summed E-state index contributed by atoms with van der Waals surface area (Å²) in [6, 6.07) is -1.37. The zero-order chi connectivity index (χ0) is 10.2. The summed E-state index contributed by atoms with van der Waals surface area (Å²) in [5.41, 5.74) is 0. The van der Waals surface area contributed by atoms with Gasteiger partial charge in [0.2, 0.25) is 0 Å². The predicted molar refractivity (Wildman–Crippen MR) is 40.3 cm³/mol. The summed E-state index contributed by atoms with van der Waals surface area (Å²) < 4.78 is 30.1. The van der Waals surface area contributed by atoms with Crippen molar-refractivity contribution in [1.29, 1.82) is 0 Å². The lowest BCUT2D eigenvalue weighted by Gasteiger charge is -2.15. The molecule has 0 aromatic heterocycles. The summed E-state index contributed by atoms with van der Waals surface area (Å²) in [5.74, 6) is -1.38. The Bertz CT molecular complexity index is 311. The summed E-state index contributed by atoms with van der Waals surface area (Å²) in [6.07, 6.45) is -1.24. The van der Waals surface area contributed by atoms with Crippen LogP contribution in [-0.4, -0.2) is 52.1 Å². The van der Waals surface area contributed by atoms with Crippen molar-refractivity contribution in [2.75, 3.05) is 6.54 Å². The number of rotatable bonds is 2. The van der Waals surface area contributed by atoms with Crippen molar-refractivity contribution in [2.45, 2.75) is 18.6 Å². The summed E-state index contributed by atoms with van der Waals surface area (Å²) in [6.45, 7) is -0.379. The predicted octanol–water partition coefficient (Wildman–Crippen LogP) is -1.69. The van der Waals surface area contributed by atoms with E-state index in [4.69, 9.17) is 14.8 Å². The molecule has 0 spiro atoms. The van der Waals surface area contributed by atoms with E-state index in [-0.39, 0.29) is 13.0 Å². The minimum Gasteiger partial charge on any atom is -0.480 e. The molecule has 0 unspecified atom stereocenters. The molecule has 0 radical (unpaired) electrons. The third-order valence-electron chi connectivity index (χ3n) is 1.82. The summed E-state index contributed by atoms with van der Waals surface area (Å²) >= 11 is 0. The van der Waals surface area contributed by atoms with E-state index in [1.807, 2.05) is 0 Å². The Balaban J connectivity index is 2.91. The minimum atomic E-state index is -4.54. The maximum absolute atomic E-state index is 10.6. The van der Waals surface area contributed by atoms with Crippen LogP contribution < -0.4 is 0 Å². The average Bonchev–Trinajstić information content (AvgIpc) is 2.29. The van der Waals surface area contributed by atoms with Crippen molar-refractivity contribution in [2.24, 2.45) is 0 Å². The highest BCUT2D eigenvalue weighted by Crippen LogP contribution is 2.20. The van der Waals surface area contributed by atoms with Crippen molar-refractivity contribution in [3.63, 3.8) is 0 Å². The second-order valence-corrected chi connectivity index (χ2v) is 4.16. The highest BCUT2D eigenvalue weighted by atomic mass is 32.2. The molecule has 0 aromatic rings. The molecule has 3 N–H and O–H groups in total. The molecule has 1 rings (SSSR count). The van der Waals surface area contributed by atoms with Crippen molar-refractivity contribution < 1.29 is 28.0 Å². The fourth-order valence-electron chi connectivity index (χ4n) is 1.26. The molecule has 76 valence electrons. The van der Waals surface area contributed by atoms with Crippen LogP contribution in [0.1, 0.15) is 6.42 Å². The lowest BCUT2D eigenvalue weighted by Crippen LogP contribution is -2.40. The maximum Gasteiger partial charge on any atom is 0.336 e. The van der Waals surface area contributed by atoms with Crippen molar-refractivity contribution in [3.05, 3.63) is 0 Å². The molecule has 0 aliphatic carbocycles. The number of hydrogen-bond acceptors (Lipinski definition) is 4. The summed E-state index contributed by atoms with van der Waals surface area (Å²) in [7, 11) is -4.54. The first kappa shape index (κ1) is 10.4. The first-order valence-electron chi connectivity index (χ1n) is 3.47. The Morgan fingerprint density at radius 1 is 1.46 bits per heavy atom. The molecule has 13 heavy (non-hydrogen) atoms. The number of aliphatic carboxylic acids is 1. The van der Waals surface area contributed by atoms with Gasteiger partial charge in [-0.1, -0.05) is 0 Å². The Kier molecular flexibility index (Phi) is 2.57. The highest BCUT2D eigenvalue weighted by molar-refractivity contribution is 7.83. The quantitative estimate of drug-likeness (QED) is 0.469. The minimum absolute atomic E-state index is 0.199. The van der Waals surface area contributed by atoms with E-state index in [0.717, 1.165) is 0 Å². The van der Waals surface area contributed by atoms with E-state index in [9.17, 15) is 13.2 Å². The van der Waals surface area contributed by atoms with Gasteiger partial charge in [0.15, 0.2) is 0 Å². The van der Waals surface area contributed by atoms with Gasteiger partial charge >= 0.3 is 16.3 Å². The monoisotopic (exact) mass is 211 g/mol. The van der Waals surface area contributed by atoms with Crippen LogP contribution in [0.4, 0.5) is 0 Å². The standard InChI is InChI=1S/C5H9NO6S/c7-3-1-4(5(8)9)6(2-3)13(10,11)12/h3-4,7H,1-2H2,(H,8,9)(H,10,11,12)/t3-,4+/m1/s1. The van der Waals surface area contributed by atoms with Crippen LogP contribution in [0.3, 0.4) is 0 Å². The molecule has 1 aliphatic rings. The SMILES string of the molecule is O=C(O)[C@@H]1C[C@@H](O)CN1S(=O)(=O)O. The van der Waals surface area contributed by atoms with E-state index < -0.39 is 28.4 Å². The van der Waals surface area contributed by atoms with Crippen LogP contribution in [0, 0.1) is 0 Å². The van der Waals surface area contributed by atoms with Crippen molar-refractivity contribution in [3.8, 4) is 0 Å². The van der Waals surface area contributed by atoms with Gasteiger partial charge in [-0.05, 0) is 0 Å². The molecule has 0 amide bonds. The van der Waals surface area contributed by atoms with Gasteiger partial charge in [0, 0.05) is 13.0 Å². The van der Waals surface area contributed by atoms with Crippen LogP contribution in [0.15, 0.2) is 0 Å². The molecule has 7 nitrogen and oxygen atoms in total. The normalized spacial score (nSPS) is 30.6. The topological polar surface area (TPSA) is 115 Å². The van der Waals surface area contributed by atoms with Crippen molar-refractivity contribution in [1.82, 2.24) is 4.31 Å². The smallest absolute Gasteiger partial charge is 0.336 e. The largest absolute Gasteiger partial charge is 0.480 e. The molecule has 1 heterocycles. The fraction of sp³-hybridized carbons (Fsp3) is 0.800. The maximum atomic E-state index is 10.6. The van der Waals surface area contributed by atoms with Gasteiger partial charge in [0.25, 0.3) is 0 Å². The van der Waals surface area contributed by atoms with Crippen LogP contribution in [0.2, 0.25) is 0 Å². The molecular weight excluding hydrogens is 202 g/mol. The number of carboxylic acid groups (broad SMARTS) is 1. The van der Waals surface area contributed by atoms with Crippen LogP contribution in [0.5, 0.6) is 0 Å². The first-order chi connectivity index (χ1) is 5.82. The number of carboxylic acids is 1. The Labute approximate surface area is 74.5 Å². The molecule has 1 saturated heterocycles. The van der Waals surface area contributed by atoms with E-state index in [2.05, 4.69) is 0 Å². The Morgan fingerprint density at radius 2 is 2.00 bits per heavy atom. The van der Waals surface area contributed by atoms with E-state index in [1.54, 1.807) is 0 Å². The zero-order valence-corrected chi connectivity index (χ0v) is 7.31. The Hall–Kier alpha value is -0.700. The third kappa shape index (κ3) is 2.15. The lowest BCUT2D eigenvalue weighted by molar-refractivity contribution is -0.140. The van der Waals surface area contributed by atoms with Gasteiger partial charge in [-0.15, -0.1) is 0 Å². The van der Waals surface area contributed by atoms with E-state index in [0.29, 0.717) is 4.31 Å².